The number of benzene rings is 3. The standard InChI is InChI=1S/C29H30N4O4/c1-18(2)21-7-11-27-24(16-21)31-29(37-27)20-4-8-23(9-5-20)30-28(34)22-6-10-25(26(17-22)33(35)36)32-14-12-19(3)13-15-32/h4-11,16-19H,12-15H2,1-3H3,(H,30,34). The van der Waals surface area contributed by atoms with E-state index in [9.17, 15) is 14.9 Å². The first-order valence-corrected chi connectivity index (χ1v) is 12.6. The first kappa shape index (κ1) is 24.5. The van der Waals surface area contributed by atoms with Crippen molar-refractivity contribution in [2.75, 3.05) is 23.3 Å². The Labute approximate surface area is 215 Å². The molecule has 0 aliphatic carbocycles. The third kappa shape index (κ3) is 5.18. The molecule has 1 aliphatic rings. The minimum absolute atomic E-state index is 0.0471. The molecule has 1 fully saturated rings. The Kier molecular flexibility index (Phi) is 6.65. The molecule has 5 rings (SSSR count). The van der Waals surface area contributed by atoms with Crippen LogP contribution in [-0.4, -0.2) is 28.9 Å². The first-order chi connectivity index (χ1) is 17.8. The molecular formula is C29H30N4O4. The average molecular weight is 499 g/mol. The number of hydrogen-bond acceptors (Lipinski definition) is 6. The van der Waals surface area contributed by atoms with Gasteiger partial charge in [-0.15, -0.1) is 0 Å². The highest BCUT2D eigenvalue weighted by Crippen LogP contribution is 2.33. The van der Waals surface area contributed by atoms with Crippen LogP contribution >= 0.6 is 0 Å². The predicted molar refractivity (Wildman–Crippen MR) is 145 cm³/mol. The van der Waals surface area contributed by atoms with Gasteiger partial charge in [-0.05, 0) is 78.8 Å². The summed E-state index contributed by atoms with van der Waals surface area (Å²) in [5.41, 5.74) is 4.85. The van der Waals surface area contributed by atoms with E-state index in [1.165, 1.54) is 11.6 Å². The summed E-state index contributed by atoms with van der Waals surface area (Å²) in [5.74, 6) is 1.12. The number of nitrogens with one attached hydrogen (secondary N) is 1. The van der Waals surface area contributed by atoms with Crippen molar-refractivity contribution in [2.24, 2.45) is 5.92 Å². The summed E-state index contributed by atoms with van der Waals surface area (Å²) < 4.78 is 5.92. The number of amides is 1. The van der Waals surface area contributed by atoms with Gasteiger partial charge in [-0.25, -0.2) is 4.98 Å². The van der Waals surface area contributed by atoms with E-state index in [1.54, 1.807) is 24.3 Å². The molecule has 3 aromatic carbocycles. The van der Waals surface area contributed by atoms with Crippen molar-refractivity contribution < 1.29 is 14.1 Å². The molecule has 0 radical (unpaired) electrons. The Morgan fingerprint density at radius 3 is 2.49 bits per heavy atom. The zero-order valence-corrected chi connectivity index (χ0v) is 21.2. The maximum absolute atomic E-state index is 12.9. The topological polar surface area (TPSA) is 102 Å². The van der Waals surface area contributed by atoms with Crippen LogP contribution in [0.4, 0.5) is 17.1 Å². The molecule has 0 atom stereocenters. The molecule has 1 N–H and O–H groups in total. The number of anilines is 2. The van der Waals surface area contributed by atoms with E-state index in [0.29, 0.717) is 29.1 Å². The van der Waals surface area contributed by atoms with Crippen LogP contribution in [0.5, 0.6) is 0 Å². The lowest BCUT2D eigenvalue weighted by molar-refractivity contribution is -0.384. The van der Waals surface area contributed by atoms with Gasteiger partial charge in [0.15, 0.2) is 5.58 Å². The summed E-state index contributed by atoms with van der Waals surface area (Å²) in [6.45, 7) is 8.02. The van der Waals surface area contributed by atoms with Crippen molar-refractivity contribution in [3.05, 3.63) is 81.9 Å². The smallest absolute Gasteiger partial charge is 0.293 e. The fourth-order valence-electron chi connectivity index (χ4n) is 4.65. The van der Waals surface area contributed by atoms with Crippen molar-refractivity contribution in [2.45, 2.75) is 39.5 Å². The van der Waals surface area contributed by atoms with Crippen molar-refractivity contribution in [3.63, 3.8) is 0 Å². The molecule has 0 unspecified atom stereocenters. The lowest BCUT2D eigenvalue weighted by Gasteiger charge is -2.31. The Balaban J connectivity index is 1.31. The predicted octanol–water partition coefficient (Wildman–Crippen LogP) is 7.02. The number of aromatic nitrogens is 1. The molecule has 190 valence electrons. The van der Waals surface area contributed by atoms with E-state index in [2.05, 4.69) is 31.1 Å². The van der Waals surface area contributed by atoms with Crippen molar-refractivity contribution in [1.29, 1.82) is 0 Å². The first-order valence-electron chi connectivity index (χ1n) is 12.6. The summed E-state index contributed by atoms with van der Waals surface area (Å²) in [4.78, 5) is 30.9. The van der Waals surface area contributed by atoms with Crippen LogP contribution in [0.25, 0.3) is 22.6 Å². The fraction of sp³-hybridized carbons (Fsp3) is 0.310. The molecule has 0 spiro atoms. The van der Waals surface area contributed by atoms with Gasteiger partial charge in [0.25, 0.3) is 11.6 Å². The Morgan fingerprint density at radius 1 is 1.08 bits per heavy atom. The number of nitro groups is 1. The van der Waals surface area contributed by atoms with Gasteiger partial charge >= 0.3 is 0 Å². The lowest BCUT2D eigenvalue weighted by Crippen LogP contribution is -2.33. The number of carbonyl (C=O) groups is 1. The number of rotatable bonds is 6. The van der Waals surface area contributed by atoms with Crippen LogP contribution in [0, 0.1) is 16.0 Å². The summed E-state index contributed by atoms with van der Waals surface area (Å²) >= 11 is 0. The van der Waals surface area contributed by atoms with Crippen molar-refractivity contribution >= 4 is 34.1 Å². The van der Waals surface area contributed by atoms with Crippen LogP contribution in [-0.2, 0) is 0 Å². The monoisotopic (exact) mass is 498 g/mol. The Morgan fingerprint density at radius 2 is 1.81 bits per heavy atom. The van der Waals surface area contributed by atoms with E-state index in [4.69, 9.17) is 4.42 Å². The summed E-state index contributed by atoms with van der Waals surface area (Å²) in [6, 6.07) is 17.9. The van der Waals surface area contributed by atoms with Gasteiger partial charge in [-0.2, -0.15) is 0 Å². The molecule has 0 bridgehead atoms. The molecular weight excluding hydrogens is 468 g/mol. The van der Waals surface area contributed by atoms with Gasteiger partial charge in [0.1, 0.15) is 11.2 Å². The maximum Gasteiger partial charge on any atom is 0.293 e. The molecule has 0 saturated carbocycles. The summed E-state index contributed by atoms with van der Waals surface area (Å²) in [5, 5.41) is 14.6. The molecule has 1 amide bonds. The van der Waals surface area contributed by atoms with Crippen LogP contribution in [0.2, 0.25) is 0 Å². The number of fused-ring (bicyclic) bond motifs is 1. The lowest BCUT2D eigenvalue weighted by atomic mass is 9.98. The third-order valence-electron chi connectivity index (χ3n) is 7.03. The van der Waals surface area contributed by atoms with Crippen LogP contribution in [0.1, 0.15) is 55.5 Å². The quantitative estimate of drug-likeness (QED) is 0.226. The zero-order chi connectivity index (χ0) is 26.1. The molecule has 1 aliphatic heterocycles. The number of nitrogens with zero attached hydrogens (tertiary/aromatic N) is 3. The zero-order valence-electron chi connectivity index (χ0n) is 21.2. The Bertz CT molecular complexity index is 1450. The highest BCUT2D eigenvalue weighted by Gasteiger charge is 2.25. The van der Waals surface area contributed by atoms with E-state index < -0.39 is 10.8 Å². The molecule has 8 heteroatoms. The van der Waals surface area contributed by atoms with E-state index in [1.807, 2.05) is 35.2 Å². The van der Waals surface area contributed by atoms with Gasteiger partial charge in [0, 0.05) is 36.0 Å². The molecule has 1 saturated heterocycles. The second-order valence-electron chi connectivity index (χ2n) is 10.1. The maximum atomic E-state index is 12.9. The number of hydrogen-bond donors (Lipinski definition) is 1. The van der Waals surface area contributed by atoms with Crippen LogP contribution in [0.15, 0.2) is 65.1 Å². The van der Waals surface area contributed by atoms with Crippen LogP contribution in [0.3, 0.4) is 0 Å². The van der Waals surface area contributed by atoms with Gasteiger partial charge in [-0.3, -0.25) is 14.9 Å². The SMILES string of the molecule is CC1CCN(c2ccc(C(=O)Nc3ccc(-c4nc5cc(C(C)C)ccc5o4)cc3)cc2[N+](=O)[O-])CC1. The van der Waals surface area contributed by atoms with E-state index in [-0.39, 0.29) is 11.3 Å². The number of carbonyl (C=O) groups excluding carboxylic acids is 1. The minimum atomic E-state index is -0.413. The van der Waals surface area contributed by atoms with Crippen LogP contribution < -0.4 is 10.2 Å². The second-order valence-corrected chi connectivity index (χ2v) is 10.1. The minimum Gasteiger partial charge on any atom is -0.436 e. The van der Waals surface area contributed by atoms with Crippen molar-refractivity contribution in [1.82, 2.24) is 4.98 Å². The molecule has 4 aromatic rings. The number of oxazole rings is 1. The van der Waals surface area contributed by atoms with E-state index in [0.717, 1.165) is 42.6 Å². The van der Waals surface area contributed by atoms with Gasteiger partial charge in [0.05, 0.1) is 4.92 Å². The number of nitro benzene ring substituents is 1. The van der Waals surface area contributed by atoms with Gasteiger partial charge in [-0.1, -0.05) is 26.8 Å². The molecule has 37 heavy (non-hydrogen) atoms. The largest absolute Gasteiger partial charge is 0.436 e. The summed E-state index contributed by atoms with van der Waals surface area (Å²) in [7, 11) is 0. The molecule has 1 aromatic heterocycles. The fourth-order valence-corrected chi connectivity index (χ4v) is 4.65. The summed E-state index contributed by atoms with van der Waals surface area (Å²) in [6.07, 6.45) is 2.00. The van der Waals surface area contributed by atoms with E-state index >= 15 is 0 Å². The Hall–Kier alpha value is -4.20. The van der Waals surface area contributed by atoms with Crippen molar-refractivity contribution in [3.8, 4) is 11.5 Å². The molecule has 2 heterocycles. The van der Waals surface area contributed by atoms with Gasteiger partial charge < -0.3 is 14.6 Å². The number of piperidine rings is 1. The average Bonchev–Trinajstić information content (AvgIpc) is 3.32. The molecule has 8 nitrogen and oxygen atoms in total. The third-order valence-corrected chi connectivity index (χ3v) is 7.03. The normalized spacial score (nSPS) is 14.3. The van der Waals surface area contributed by atoms with Gasteiger partial charge in [0.2, 0.25) is 5.89 Å². The second kappa shape index (κ2) is 10.0. The highest BCUT2D eigenvalue weighted by molar-refractivity contribution is 6.05. The highest BCUT2D eigenvalue weighted by atomic mass is 16.6.